The molecule has 45 heavy (non-hydrogen) atoms. The van der Waals surface area contributed by atoms with Crippen LogP contribution in [0.1, 0.15) is 12.8 Å². The Bertz CT molecular complexity index is 1950. The standard InChI is InChI=1S/C34H35FN8O2/c1-42(2)11-13-45-26-17-23(20-36-21-26)29-5-6-30-32(38-29)33(41-40-30)31-19-28-27(7-8-37-34(28)39-31)22-15-24(35)18-25(16-22)44-14-12-43-9-3-4-10-43/h5-8,15-21H,3-4,9-14H2,1-2H3,(H,37,39)(H,40,41). The van der Waals surface area contributed by atoms with Gasteiger partial charge in [-0.05, 0) is 93.6 Å². The van der Waals surface area contributed by atoms with Crippen molar-refractivity contribution < 1.29 is 13.9 Å². The number of nitrogens with one attached hydrogen (secondary N) is 2. The minimum Gasteiger partial charge on any atom is -0.492 e. The van der Waals surface area contributed by atoms with Gasteiger partial charge in [0.15, 0.2) is 0 Å². The summed E-state index contributed by atoms with van der Waals surface area (Å²) in [7, 11) is 4.02. The van der Waals surface area contributed by atoms with Crippen LogP contribution >= 0.6 is 0 Å². The Hall–Kier alpha value is -4.87. The van der Waals surface area contributed by atoms with Gasteiger partial charge in [-0.15, -0.1) is 0 Å². The van der Waals surface area contributed by atoms with E-state index in [2.05, 4.69) is 34.9 Å². The van der Waals surface area contributed by atoms with Gasteiger partial charge in [0, 0.05) is 42.5 Å². The summed E-state index contributed by atoms with van der Waals surface area (Å²) in [5, 5.41) is 8.53. The summed E-state index contributed by atoms with van der Waals surface area (Å²) < 4.78 is 26.7. The van der Waals surface area contributed by atoms with Crippen molar-refractivity contribution >= 4 is 22.1 Å². The fourth-order valence-corrected chi connectivity index (χ4v) is 5.74. The minimum absolute atomic E-state index is 0.346. The van der Waals surface area contributed by atoms with E-state index in [9.17, 15) is 4.39 Å². The molecule has 6 aromatic rings. The molecule has 0 unspecified atom stereocenters. The van der Waals surface area contributed by atoms with Crippen LogP contribution in [-0.4, -0.2) is 93.4 Å². The Balaban J connectivity index is 1.18. The molecule has 5 aromatic heterocycles. The Morgan fingerprint density at radius 3 is 2.64 bits per heavy atom. The average molecular weight is 607 g/mol. The third-order valence-corrected chi connectivity index (χ3v) is 8.07. The van der Waals surface area contributed by atoms with Crippen LogP contribution in [0.5, 0.6) is 11.5 Å². The fourth-order valence-electron chi connectivity index (χ4n) is 5.74. The van der Waals surface area contributed by atoms with E-state index in [1.54, 1.807) is 18.6 Å². The second-order valence-corrected chi connectivity index (χ2v) is 11.6. The van der Waals surface area contributed by atoms with Crippen molar-refractivity contribution in [3.05, 3.63) is 72.9 Å². The number of hydrogen-bond acceptors (Lipinski definition) is 8. The van der Waals surface area contributed by atoms with Gasteiger partial charge in [-0.1, -0.05) is 0 Å². The molecule has 1 saturated heterocycles. The molecule has 0 radical (unpaired) electrons. The van der Waals surface area contributed by atoms with E-state index in [1.165, 1.54) is 25.0 Å². The van der Waals surface area contributed by atoms with Crippen molar-refractivity contribution in [1.82, 2.24) is 39.9 Å². The number of benzene rings is 1. The zero-order valence-electron chi connectivity index (χ0n) is 25.4. The van der Waals surface area contributed by atoms with Gasteiger partial charge < -0.3 is 19.4 Å². The zero-order chi connectivity index (χ0) is 30.8. The summed E-state index contributed by atoms with van der Waals surface area (Å²) in [5.41, 5.74) is 6.74. The van der Waals surface area contributed by atoms with Gasteiger partial charge in [-0.3, -0.25) is 15.0 Å². The molecule has 1 aliphatic heterocycles. The molecule has 11 heteroatoms. The van der Waals surface area contributed by atoms with E-state index in [4.69, 9.17) is 14.5 Å². The summed E-state index contributed by atoms with van der Waals surface area (Å²) in [6.45, 7) is 4.93. The first kappa shape index (κ1) is 28.9. The molecule has 0 atom stereocenters. The highest BCUT2D eigenvalue weighted by molar-refractivity contribution is 5.99. The number of likely N-dealkylation sites (tertiary alicyclic amines) is 1. The van der Waals surface area contributed by atoms with Crippen molar-refractivity contribution in [3.8, 4) is 45.3 Å². The van der Waals surface area contributed by atoms with E-state index in [0.29, 0.717) is 41.6 Å². The lowest BCUT2D eigenvalue weighted by Crippen LogP contribution is -2.25. The molecule has 1 fully saturated rings. The van der Waals surface area contributed by atoms with Crippen molar-refractivity contribution in [2.45, 2.75) is 12.8 Å². The zero-order valence-corrected chi connectivity index (χ0v) is 25.4. The minimum atomic E-state index is -0.346. The molecular formula is C34H35FN8O2. The van der Waals surface area contributed by atoms with Crippen molar-refractivity contribution in [2.75, 3.05) is 53.5 Å². The Labute approximate surface area is 260 Å². The molecule has 10 nitrogen and oxygen atoms in total. The molecule has 7 rings (SSSR count). The molecule has 2 N–H and O–H groups in total. The van der Waals surface area contributed by atoms with Gasteiger partial charge in [0.05, 0.1) is 23.1 Å². The molecular weight excluding hydrogens is 571 g/mol. The smallest absolute Gasteiger partial charge is 0.138 e. The molecule has 0 spiro atoms. The predicted octanol–water partition coefficient (Wildman–Crippen LogP) is 5.78. The number of pyridine rings is 3. The highest BCUT2D eigenvalue weighted by Crippen LogP contribution is 2.35. The Morgan fingerprint density at radius 1 is 0.933 bits per heavy atom. The SMILES string of the molecule is CN(C)CCOc1cncc(-c2ccc3[nH]nc(-c4cc5c(-c6cc(F)cc(OCCN7CCCC7)c6)ccnc5[nH]4)c3n2)c1. The van der Waals surface area contributed by atoms with E-state index < -0.39 is 0 Å². The van der Waals surface area contributed by atoms with E-state index in [0.717, 1.165) is 65.2 Å². The molecule has 0 bridgehead atoms. The molecule has 230 valence electrons. The highest BCUT2D eigenvalue weighted by Gasteiger charge is 2.17. The summed E-state index contributed by atoms with van der Waals surface area (Å²) in [4.78, 5) is 21.7. The first-order valence-corrected chi connectivity index (χ1v) is 15.2. The summed E-state index contributed by atoms with van der Waals surface area (Å²) in [6, 6.07) is 14.6. The van der Waals surface area contributed by atoms with E-state index in [-0.39, 0.29) is 5.82 Å². The topological polar surface area (TPSA) is 108 Å². The first-order chi connectivity index (χ1) is 22.0. The molecule has 6 heterocycles. The van der Waals surface area contributed by atoms with Crippen LogP contribution in [0.3, 0.4) is 0 Å². The lowest BCUT2D eigenvalue weighted by Gasteiger charge is -2.15. The van der Waals surface area contributed by atoms with E-state index >= 15 is 0 Å². The monoisotopic (exact) mass is 606 g/mol. The van der Waals surface area contributed by atoms with Crippen LogP contribution in [0.2, 0.25) is 0 Å². The van der Waals surface area contributed by atoms with Crippen LogP contribution in [0.15, 0.2) is 67.1 Å². The third kappa shape index (κ3) is 6.36. The van der Waals surface area contributed by atoms with Crippen LogP contribution in [0.4, 0.5) is 4.39 Å². The first-order valence-electron chi connectivity index (χ1n) is 15.2. The summed E-state index contributed by atoms with van der Waals surface area (Å²) in [6.07, 6.45) is 7.65. The van der Waals surface area contributed by atoms with Gasteiger partial charge in [0.2, 0.25) is 0 Å². The predicted molar refractivity (Wildman–Crippen MR) is 173 cm³/mol. The van der Waals surface area contributed by atoms with Crippen molar-refractivity contribution in [2.24, 2.45) is 0 Å². The van der Waals surface area contributed by atoms with Crippen molar-refractivity contribution in [1.29, 1.82) is 0 Å². The van der Waals surface area contributed by atoms with Gasteiger partial charge >= 0.3 is 0 Å². The number of ether oxygens (including phenoxy) is 2. The van der Waals surface area contributed by atoms with E-state index in [1.807, 2.05) is 50.5 Å². The van der Waals surface area contributed by atoms with Crippen molar-refractivity contribution in [3.63, 3.8) is 0 Å². The molecule has 1 aliphatic rings. The number of aromatic amines is 2. The molecule has 0 aliphatic carbocycles. The number of H-pyrrole nitrogens is 2. The maximum absolute atomic E-state index is 14.8. The number of hydrogen-bond donors (Lipinski definition) is 2. The van der Waals surface area contributed by atoms with Gasteiger partial charge in [0.1, 0.15) is 47.4 Å². The highest BCUT2D eigenvalue weighted by atomic mass is 19.1. The second kappa shape index (κ2) is 12.6. The van der Waals surface area contributed by atoms with Crippen LogP contribution in [0, 0.1) is 5.82 Å². The maximum Gasteiger partial charge on any atom is 0.138 e. The summed E-state index contributed by atoms with van der Waals surface area (Å²) >= 11 is 0. The second-order valence-electron chi connectivity index (χ2n) is 11.6. The molecule has 1 aromatic carbocycles. The summed E-state index contributed by atoms with van der Waals surface area (Å²) in [5.74, 6) is 0.859. The largest absolute Gasteiger partial charge is 0.492 e. The van der Waals surface area contributed by atoms with Crippen LogP contribution in [-0.2, 0) is 0 Å². The van der Waals surface area contributed by atoms with Crippen LogP contribution < -0.4 is 9.47 Å². The van der Waals surface area contributed by atoms with Crippen LogP contribution in [0.25, 0.3) is 55.8 Å². The normalized spacial score (nSPS) is 13.8. The number of aromatic nitrogens is 6. The van der Waals surface area contributed by atoms with Gasteiger partial charge in [-0.2, -0.15) is 5.10 Å². The molecule has 0 amide bonds. The number of likely N-dealkylation sites (N-methyl/N-ethyl adjacent to an activating group) is 1. The number of rotatable bonds is 11. The lowest BCUT2D eigenvalue weighted by molar-refractivity contribution is 0.237. The number of fused-ring (bicyclic) bond motifs is 2. The van der Waals surface area contributed by atoms with Gasteiger partial charge in [0.25, 0.3) is 0 Å². The average Bonchev–Trinajstić information content (AvgIpc) is 3.80. The maximum atomic E-state index is 14.8. The molecule has 0 saturated carbocycles. The quantitative estimate of drug-likeness (QED) is 0.191. The number of halogens is 1. The Morgan fingerprint density at radius 2 is 1.78 bits per heavy atom. The lowest BCUT2D eigenvalue weighted by atomic mass is 10.0. The third-order valence-electron chi connectivity index (χ3n) is 8.07. The Kier molecular flexibility index (Phi) is 8.10. The number of nitrogens with zero attached hydrogens (tertiary/aromatic N) is 6. The van der Waals surface area contributed by atoms with Gasteiger partial charge in [-0.25, -0.2) is 14.4 Å². The fraction of sp³-hybridized carbons (Fsp3) is 0.294.